The fraction of sp³-hybridized carbons (Fsp3) is 0.531. The first-order valence-electron chi connectivity index (χ1n) is 14.0. The Morgan fingerprint density at radius 3 is 1.89 bits per heavy atom. The second-order valence-electron chi connectivity index (χ2n) is 9.83. The monoisotopic (exact) mass is 476 g/mol. The highest BCUT2D eigenvalue weighted by molar-refractivity contribution is 5.83. The van der Waals surface area contributed by atoms with Gasteiger partial charge in [0.2, 0.25) is 5.43 Å². The molecule has 0 amide bonds. The van der Waals surface area contributed by atoms with E-state index in [0.29, 0.717) is 28.9 Å². The van der Waals surface area contributed by atoms with Crippen molar-refractivity contribution in [3.05, 3.63) is 64.5 Å². The van der Waals surface area contributed by atoms with Gasteiger partial charge < -0.3 is 9.15 Å². The van der Waals surface area contributed by atoms with E-state index in [0.717, 1.165) is 17.7 Å². The summed E-state index contributed by atoms with van der Waals surface area (Å²) in [5.74, 6) is 1.40. The fourth-order valence-corrected chi connectivity index (χ4v) is 4.80. The second-order valence-corrected chi connectivity index (χ2v) is 9.83. The van der Waals surface area contributed by atoms with Crippen molar-refractivity contribution in [3.63, 3.8) is 0 Å². The van der Waals surface area contributed by atoms with Crippen molar-refractivity contribution in [1.29, 1.82) is 0 Å². The number of benzene rings is 2. The minimum atomic E-state index is 0.00785. The van der Waals surface area contributed by atoms with E-state index in [1.165, 1.54) is 83.5 Å². The van der Waals surface area contributed by atoms with Gasteiger partial charge in [-0.2, -0.15) is 0 Å². The van der Waals surface area contributed by atoms with Crippen LogP contribution in [0.1, 0.15) is 103 Å². The Hall–Kier alpha value is -2.55. The molecule has 35 heavy (non-hydrogen) atoms. The van der Waals surface area contributed by atoms with Crippen LogP contribution in [0.25, 0.3) is 22.1 Å². The first-order valence-corrected chi connectivity index (χ1v) is 14.0. The molecule has 190 valence electrons. The molecule has 2 aromatic carbocycles. The molecule has 0 aliphatic heterocycles. The smallest absolute Gasteiger partial charge is 0.200 e. The molecule has 0 spiro atoms. The second kappa shape index (κ2) is 15.4. The van der Waals surface area contributed by atoms with Gasteiger partial charge in [-0.3, -0.25) is 4.79 Å². The van der Waals surface area contributed by atoms with Crippen LogP contribution in [0.15, 0.2) is 57.7 Å². The minimum Gasteiger partial charge on any atom is -0.493 e. The quantitative estimate of drug-likeness (QED) is 0.182. The van der Waals surface area contributed by atoms with Crippen LogP contribution in [0.5, 0.6) is 5.75 Å². The highest BCUT2D eigenvalue weighted by Gasteiger charge is 2.13. The summed E-state index contributed by atoms with van der Waals surface area (Å²) in [7, 11) is 0. The zero-order valence-corrected chi connectivity index (χ0v) is 22.0. The maximum Gasteiger partial charge on any atom is 0.200 e. The Labute approximate surface area is 211 Å². The van der Waals surface area contributed by atoms with E-state index < -0.39 is 0 Å². The Morgan fingerprint density at radius 2 is 1.29 bits per heavy atom. The third-order valence-electron chi connectivity index (χ3n) is 6.87. The lowest BCUT2D eigenvalue weighted by atomic mass is 10.0. The summed E-state index contributed by atoms with van der Waals surface area (Å²) in [4.78, 5) is 13.1. The topological polar surface area (TPSA) is 39.4 Å². The van der Waals surface area contributed by atoms with Crippen LogP contribution in [0.3, 0.4) is 0 Å². The predicted octanol–water partition coefficient (Wildman–Crippen LogP) is 9.63. The molecule has 1 aromatic heterocycles. The summed E-state index contributed by atoms with van der Waals surface area (Å²) in [6.07, 6.45) is 18.9. The predicted molar refractivity (Wildman–Crippen MR) is 148 cm³/mol. The SMILES string of the molecule is CCCCCCCCCCCCCCCCOc1ccc2c(=O)c(-c3ccccc3)c(C)oc2c1. The van der Waals surface area contributed by atoms with E-state index in [4.69, 9.17) is 9.15 Å². The highest BCUT2D eigenvalue weighted by Crippen LogP contribution is 2.26. The summed E-state index contributed by atoms with van der Waals surface area (Å²) in [6, 6.07) is 15.3. The summed E-state index contributed by atoms with van der Waals surface area (Å²) in [5, 5.41) is 0.596. The van der Waals surface area contributed by atoms with Gasteiger partial charge in [-0.1, -0.05) is 121 Å². The molecular weight excluding hydrogens is 432 g/mol. The molecule has 3 aromatic rings. The summed E-state index contributed by atoms with van der Waals surface area (Å²) in [5.41, 5.74) is 2.12. The van der Waals surface area contributed by atoms with Crippen LogP contribution < -0.4 is 10.2 Å². The lowest BCUT2D eigenvalue weighted by molar-refractivity contribution is 0.304. The van der Waals surface area contributed by atoms with E-state index in [1.807, 2.05) is 55.5 Å². The fourth-order valence-electron chi connectivity index (χ4n) is 4.80. The molecule has 0 atom stereocenters. The molecule has 3 nitrogen and oxygen atoms in total. The Balaban J connectivity index is 1.32. The highest BCUT2D eigenvalue weighted by atomic mass is 16.5. The van der Waals surface area contributed by atoms with Gasteiger partial charge in [-0.25, -0.2) is 0 Å². The molecule has 0 aliphatic rings. The molecule has 0 saturated carbocycles. The van der Waals surface area contributed by atoms with Crippen LogP contribution in [0.2, 0.25) is 0 Å². The van der Waals surface area contributed by atoms with Crippen LogP contribution >= 0.6 is 0 Å². The van der Waals surface area contributed by atoms with E-state index in [2.05, 4.69) is 6.92 Å². The average Bonchev–Trinajstić information content (AvgIpc) is 2.87. The van der Waals surface area contributed by atoms with Gasteiger partial charge in [0, 0.05) is 6.07 Å². The first-order chi connectivity index (χ1) is 17.2. The molecule has 1 heterocycles. The number of rotatable bonds is 17. The van der Waals surface area contributed by atoms with Crippen LogP contribution in [0.4, 0.5) is 0 Å². The summed E-state index contributed by atoms with van der Waals surface area (Å²) >= 11 is 0. The number of fused-ring (bicyclic) bond motifs is 1. The molecule has 0 aliphatic carbocycles. The normalized spacial score (nSPS) is 11.3. The van der Waals surface area contributed by atoms with Crippen LogP contribution in [-0.2, 0) is 0 Å². The van der Waals surface area contributed by atoms with Crippen molar-refractivity contribution in [2.24, 2.45) is 0 Å². The summed E-state index contributed by atoms with van der Waals surface area (Å²) in [6.45, 7) is 4.84. The van der Waals surface area contributed by atoms with Crippen LogP contribution in [0, 0.1) is 6.92 Å². The van der Waals surface area contributed by atoms with Gasteiger partial charge >= 0.3 is 0 Å². The number of ether oxygens (including phenoxy) is 1. The van der Waals surface area contributed by atoms with E-state index in [9.17, 15) is 4.79 Å². The zero-order chi connectivity index (χ0) is 24.7. The molecule has 0 bridgehead atoms. The van der Waals surface area contributed by atoms with Crippen molar-refractivity contribution in [2.75, 3.05) is 6.61 Å². The van der Waals surface area contributed by atoms with Crippen molar-refractivity contribution in [3.8, 4) is 16.9 Å². The van der Waals surface area contributed by atoms with Gasteiger partial charge in [0.05, 0.1) is 17.6 Å². The molecular formula is C32H44O3. The van der Waals surface area contributed by atoms with E-state index in [1.54, 1.807) is 0 Å². The molecule has 0 unspecified atom stereocenters. The minimum absolute atomic E-state index is 0.00785. The maximum atomic E-state index is 13.1. The first kappa shape index (κ1) is 27.0. The van der Waals surface area contributed by atoms with Crippen molar-refractivity contribution in [1.82, 2.24) is 0 Å². The molecule has 3 heteroatoms. The van der Waals surface area contributed by atoms with Gasteiger partial charge in [-0.05, 0) is 31.0 Å². The molecule has 0 fully saturated rings. The lowest BCUT2D eigenvalue weighted by Crippen LogP contribution is -2.07. The van der Waals surface area contributed by atoms with Gasteiger partial charge in [0.1, 0.15) is 17.1 Å². The molecule has 0 saturated heterocycles. The lowest BCUT2D eigenvalue weighted by Gasteiger charge is -2.10. The molecule has 0 radical (unpaired) electrons. The number of unbranched alkanes of at least 4 members (excludes halogenated alkanes) is 13. The van der Waals surface area contributed by atoms with Gasteiger partial charge in [-0.15, -0.1) is 0 Å². The Kier molecular flexibility index (Phi) is 11.9. The standard InChI is InChI=1S/C32H44O3/c1-3-4-5-6-7-8-9-10-11-12-13-14-15-19-24-34-28-22-23-29-30(25-28)35-26(2)31(32(29)33)27-20-17-16-18-21-27/h16-18,20-23,25H,3-15,19,24H2,1-2H3. The Morgan fingerprint density at radius 1 is 0.714 bits per heavy atom. The van der Waals surface area contributed by atoms with Crippen molar-refractivity contribution in [2.45, 2.75) is 104 Å². The zero-order valence-electron chi connectivity index (χ0n) is 22.0. The van der Waals surface area contributed by atoms with Gasteiger partial charge in [0.25, 0.3) is 0 Å². The maximum absolute atomic E-state index is 13.1. The summed E-state index contributed by atoms with van der Waals surface area (Å²) < 4.78 is 12.0. The Bertz CT molecular complexity index is 1050. The number of aryl methyl sites for hydroxylation is 1. The molecule has 3 rings (SSSR count). The van der Waals surface area contributed by atoms with Crippen molar-refractivity contribution >= 4 is 11.0 Å². The third-order valence-corrected chi connectivity index (χ3v) is 6.87. The largest absolute Gasteiger partial charge is 0.493 e. The van der Waals surface area contributed by atoms with Crippen LogP contribution in [-0.4, -0.2) is 6.61 Å². The average molecular weight is 477 g/mol. The molecule has 0 N–H and O–H groups in total. The van der Waals surface area contributed by atoms with E-state index >= 15 is 0 Å². The number of hydrogen-bond donors (Lipinski definition) is 0. The number of hydrogen-bond acceptors (Lipinski definition) is 3. The van der Waals surface area contributed by atoms with Crippen molar-refractivity contribution < 1.29 is 9.15 Å². The van der Waals surface area contributed by atoms with E-state index in [-0.39, 0.29) is 5.43 Å². The third kappa shape index (κ3) is 8.87. The van der Waals surface area contributed by atoms with Gasteiger partial charge in [0.15, 0.2) is 0 Å².